The summed E-state index contributed by atoms with van der Waals surface area (Å²) in [5, 5.41) is 12.3. The highest BCUT2D eigenvalue weighted by atomic mass is 31.1. The van der Waals surface area contributed by atoms with Gasteiger partial charge in [-0.1, -0.05) is 8.58 Å². The number of hydrogen-bond donors (Lipinski definition) is 3. The third-order valence-electron chi connectivity index (χ3n) is 0.469. The minimum Gasteiger partial charge on any atom is -0.397 e. The van der Waals surface area contributed by atoms with Gasteiger partial charge in [0.1, 0.15) is 0 Å². The largest absolute Gasteiger partial charge is 0.397 e. The van der Waals surface area contributed by atoms with E-state index in [0.717, 1.165) is 8.58 Å². The third-order valence-corrected chi connectivity index (χ3v) is 0.924. The molecule has 0 aliphatic carbocycles. The standard InChI is InChI=1S/C4H11O2P.C2H6O.H3OP.H2/c1-4(5)6-3-7-2;1-2-3;1-2;/h4-5,7H,3H2,1-2H3;3H,2H2,1H3;1H,2H2;1H/i;3D;;. The van der Waals surface area contributed by atoms with Crippen molar-refractivity contribution >= 4 is 18.0 Å². The predicted octanol–water partition coefficient (Wildman–Crippen LogP) is 0.621. The van der Waals surface area contributed by atoms with Crippen molar-refractivity contribution in [2.45, 2.75) is 20.1 Å². The van der Waals surface area contributed by atoms with Gasteiger partial charge in [0, 0.05) is 8.03 Å². The quantitative estimate of drug-likeness (QED) is 0.481. The molecule has 0 aromatic carbocycles. The summed E-state index contributed by atoms with van der Waals surface area (Å²) in [4.78, 5) is 6.92. The first kappa shape index (κ1) is 15.2. The summed E-state index contributed by atoms with van der Waals surface area (Å²) < 4.78 is 10.7. The van der Waals surface area contributed by atoms with Crippen LogP contribution in [-0.2, 0) is 4.74 Å². The molecule has 0 fully saturated rings. The van der Waals surface area contributed by atoms with Gasteiger partial charge in [0.05, 0.1) is 6.35 Å². The Hall–Kier alpha value is 0.700. The fraction of sp³-hybridized carbons (Fsp3) is 1.00. The van der Waals surface area contributed by atoms with Gasteiger partial charge in [-0.25, -0.2) is 0 Å². The Labute approximate surface area is 81.4 Å². The SMILES string of the molecule is CPCOC(C)O.OP.[2H]OCC.[HH]. The van der Waals surface area contributed by atoms with Crippen molar-refractivity contribution in [3.05, 3.63) is 0 Å². The zero-order valence-electron chi connectivity index (χ0n) is 8.78. The first-order chi connectivity index (χ1) is 6.18. The van der Waals surface area contributed by atoms with Gasteiger partial charge in [-0.2, -0.15) is 0 Å². The lowest BCUT2D eigenvalue weighted by molar-refractivity contribution is -0.0660. The molecule has 0 radical (unpaired) electrons. The highest BCUT2D eigenvalue weighted by Gasteiger charge is 1.88. The number of hydrogen-bond acceptors (Lipinski definition) is 4. The van der Waals surface area contributed by atoms with Crippen molar-refractivity contribution in [2.24, 2.45) is 0 Å². The molecule has 3 atom stereocenters. The van der Waals surface area contributed by atoms with Gasteiger partial charge in [-0.05, 0) is 30.0 Å². The Morgan fingerprint density at radius 1 is 1.75 bits per heavy atom. The molecule has 0 saturated carbocycles. The van der Waals surface area contributed by atoms with E-state index in [2.05, 4.69) is 5.11 Å². The maximum Gasteiger partial charge on any atom is 0.210 e. The highest BCUT2D eigenvalue weighted by Crippen LogP contribution is 2.01. The van der Waals surface area contributed by atoms with Crippen LogP contribution in [0.4, 0.5) is 0 Å². The summed E-state index contributed by atoms with van der Waals surface area (Å²) in [7, 11) is 2.19. The van der Waals surface area contributed by atoms with Gasteiger partial charge in [0.25, 0.3) is 0 Å². The van der Waals surface area contributed by atoms with Crippen LogP contribution in [0.5, 0.6) is 0 Å². The van der Waals surface area contributed by atoms with Crippen molar-refractivity contribution in [3.8, 4) is 0 Å². The molecule has 0 bridgehead atoms. The third kappa shape index (κ3) is 45.6. The number of ether oxygens (including phenoxy) is 1. The van der Waals surface area contributed by atoms with Crippen LogP contribution in [0.1, 0.15) is 15.3 Å². The second-order valence-electron chi connectivity index (χ2n) is 1.55. The van der Waals surface area contributed by atoms with Crippen molar-refractivity contribution in [1.82, 2.24) is 0 Å². The van der Waals surface area contributed by atoms with Crippen molar-refractivity contribution < 1.29 is 21.3 Å². The van der Waals surface area contributed by atoms with Crippen LogP contribution in [0, 0.1) is 0 Å². The Balaban J connectivity index is -0.0000000620. The van der Waals surface area contributed by atoms with Gasteiger partial charge in [0.2, 0.25) is 1.43 Å². The molecule has 3 unspecified atom stereocenters. The summed E-state index contributed by atoms with van der Waals surface area (Å²) in [5.74, 6) is 0. The van der Waals surface area contributed by atoms with Gasteiger partial charge in [0.15, 0.2) is 6.29 Å². The lowest BCUT2D eigenvalue weighted by Crippen LogP contribution is -2.03. The minimum atomic E-state index is -0.590. The second-order valence-corrected chi connectivity index (χ2v) is 2.55. The fourth-order valence-electron chi connectivity index (χ4n) is 0.204. The molecule has 0 aliphatic rings. The Bertz CT molecular complexity index is 69.8. The lowest BCUT2D eigenvalue weighted by Gasteiger charge is -2.02. The minimum absolute atomic E-state index is 0. The van der Waals surface area contributed by atoms with Crippen LogP contribution >= 0.6 is 18.0 Å². The molecule has 0 aromatic heterocycles. The smallest absolute Gasteiger partial charge is 0.210 e. The van der Waals surface area contributed by atoms with Gasteiger partial charge >= 0.3 is 0 Å². The normalized spacial score (nSPS) is 12.3. The molecule has 0 spiro atoms. The Morgan fingerprint density at radius 3 is 2.25 bits per heavy atom. The van der Waals surface area contributed by atoms with Crippen LogP contribution < -0.4 is 0 Å². The van der Waals surface area contributed by atoms with E-state index in [0.29, 0.717) is 13.0 Å². The van der Waals surface area contributed by atoms with Gasteiger partial charge in [-0.3, -0.25) is 0 Å². The molecule has 3 N–H and O–H groups in total. The van der Waals surface area contributed by atoms with Gasteiger partial charge < -0.3 is 19.8 Å². The van der Waals surface area contributed by atoms with Crippen LogP contribution in [0.3, 0.4) is 0 Å². The van der Waals surface area contributed by atoms with Crippen LogP contribution in [0.2, 0.25) is 0 Å². The zero-order chi connectivity index (χ0) is 11.1. The molecule has 0 amide bonds. The molecule has 80 valence electrons. The van der Waals surface area contributed by atoms with E-state index in [1.165, 1.54) is 9.47 Å². The van der Waals surface area contributed by atoms with Crippen molar-refractivity contribution in [3.63, 3.8) is 0 Å². The molecular weight excluding hydrogens is 198 g/mol. The average Bonchev–Trinajstić information content (AvgIpc) is 2.18. The van der Waals surface area contributed by atoms with E-state index in [1.807, 2.05) is 6.66 Å². The van der Waals surface area contributed by atoms with Crippen LogP contribution in [0.25, 0.3) is 0 Å². The first-order valence-corrected chi connectivity index (χ1v) is 5.69. The number of aliphatic hydroxyl groups excluding tert-OH is 2. The molecule has 4 nitrogen and oxygen atoms in total. The second kappa shape index (κ2) is 22.6. The average molecular weight is 221 g/mol. The molecule has 0 saturated heterocycles. The molecule has 0 aromatic rings. The van der Waals surface area contributed by atoms with Crippen molar-refractivity contribution in [2.75, 3.05) is 19.6 Å². The highest BCUT2D eigenvalue weighted by molar-refractivity contribution is 7.36. The summed E-state index contributed by atoms with van der Waals surface area (Å²) in [5.41, 5.74) is 0. The number of rotatable bonds is 4. The van der Waals surface area contributed by atoms with Crippen molar-refractivity contribution in [1.29, 1.82) is 1.43 Å². The molecule has 12 heavy (non-hydrogen) atoms. The summed E-state index contributed by atoms with van der Waals surface area (Å²) >= 11 is 0. The summed E-state index contributed by atoms with van der Waals surface area (Å²) in [6, 6.07) is 0. The monoisotopic (exact) mass is 221 g/mol. The Kier molecular flexibility index (Phi) is 28.6. The van der Waals surface area contributed by atoms with Gasteiger partial charge in [-0.15, -0.1) is 0 Å². The molecule has 0 aliphatic heterocycles. The van der Waals surface area contributed by atoms with E-state index < -0.39 is 6.29 Å². The lowest BCUT2D eigenvalue weighted by atomic mass is 10.8. The zero-order valence-corrected chi connectivity index (χ0v) is 9.93. The van der Waals surface area contributed by atoms with E-state index in [-0.39, 0.29) is 1.43 Å². The molecular formula is C6H22O4P2. The first-order valence-electron chi connectivity index (χ1n) is 3.88. The summed E-state index contributed by atoms with van der Waals surface area (Å²) in [6.45, 7) is 5.90. The maximum atomic E-state index is 8.47. The molecule has 0 rings (SSSR count). The fourth-order valence-corrected chi connectivity index (χ4v) is 0.612. The van der Waals surface area contributed by atoms with E-state index in [1.54, 1.807) is 13.8 Å². The van der Waals surface area contributed by atoms with Crippen LogP contribution in [0.15, 0.2) is 0 Å². The van der Waals surface area contributed by atoms with E-state index >= 15 is 0 Å². The maximum absolute atomic E-state index is 8.47. The number of aliphatic hydroxyl groups is 2. The van der Waals surface area contributed by atoms with Crippen LogP contribution in [-0.4, -0.2) is 42.4 Å². The van der Waals surface area contributed by atoms with E-state index in [9.17, 15) is 0 Å². The summed E-state index contributed by atoms with van der Waals surface area (Å²) in [6.07, 6.45) is 0.0879. The molecule has 6 heteroatoms. The molecule has 0 heterocycles. The predicted molar refractivity (Wildman–Crippen MR) is 58.7 cm³/mol. The Morgan fingerprint density at radius 2 is 2.17 bits per heavy atom. The topological polar surface area (TPSA) is 69.9 Å². The van der Waals surface area contributed by atoms with E-state index in [4.69, 9.17) is 16.2 Å².